The summed E-state index contributed by atoms with van der Waals surface area (Å²) < 4.78 is 10.7. The van der Waals surface area contributed by atoms with Gasteiger partial charge in [0.05, 0.1) is 7.11 Å². The third-order valence-electron chi connectivity index (χ3n) is 3.89. The zero-order valence-electron chi connectivity index (χ0n) is 16.2. The van der Waals surface area contributed by atoms with Crippen molar-refractivity contribution >= 4 is 29.9 Å². The predicted molar refractivity (Wildman–Crippen MR) is 112 cm³/mol. The monoisotopic (exact) mass is 407 g/mol. The summed E-state index contributed by atoms with van der Waals surface area (Å²) in [5, 5.41) is 8.65. The number of carbonyl (C=O) groups excluding carboxylic acids is 2. The van der Waals surface area contributed by atoms with Crippen LogP contribution in [0, 0.1) is 0 Å². The quantitative estimate of drug-likeness (QED) is 0.594. The number of halogens is 1. The second-order valence-electron chi connectivity index (χ2n) is 5.72. The summed E-state index contributed by atoms with van der Waals surface area (Å²) in [5.74, 6) is 0.268. The number of ether oxygens (including phenoxy) is 2. The maximum Gasteiger partial charge on any atom is 0.257 e. The first-order valence-electron chi connectivity index (χ1n) is 8.70. The molecule has 0 spiro atoms. The molecule has 8 heteroatoms. The molecule has 152 valence electrons. The summed E-state index contributed by atoms with van der Waals surface area (Å²) in [6, 6.07) is 12.5. The van der Waals surface area contributed by atoms with E-state index in [0.29, 0.717) is 23.6 Å². The Morgan fingerprint density at radius 2 is 1.82 bits per heavy atom. The summed E-state index contributed by atoms with van der Waals surface area (Å²) in [7, 11) is 3.01. The molecule has 0 heterocycles. The Morgan fingerprint density at radius 1 is 1.07 bits per heavy atom. The van der Waals surface area contributed by atoms with Crippen LogP contribution in [-0.4, -0.2) is 39.1 Å². The molecule has 7 nitrogen and oxygen atoms in total. The number of carbonyl (C=O) groups is 2. The zero-order valence-corrected chi connectivity index (χ0v) is 17.0. The minimum Gasteiger partial charge on any atom is -0.493 e. The normalized spacial score (nSPS) is 9.82. The first-order chi connectivity index (χ1) is 13.1. The molecule has 0 saturated heterocycles. The van der Waals surface area contributed by atoms with Gasteiger partial charge in [0.25, 0.3) is 11.8 Å². The fourth-order valence-corrected chi connectivity index (χ4v) is 2.39. The van der Waals surface area contributed by atoms with Crippen molar-refractivity contribution in [3.05, 3.63) is 53.6 Å². The van der Waals surface area contributed by atoms with Crippen LogP contribution < -0.4 is 25.4 Å². The number of hydrogen-bond acceptors (Lipinski definition) is 5. The van der Waals surface area contributed by atoms with Crippen molar-refractivity contribution in [3.8, 4) is 11.5 Å². The molecule has 0 bridgehead atoms. The van der Waals surface area contributed by atoms with Crippen molar-refractivity contribution in [3.63, 3.8) is 0 Å². The van der Waals surface area contributed by atoms with Gasteiger partial charge in [-0.05, 0) is 36.4 Å². The van der Waals surface area contributed by atoms with Gasteiger partial charge in [0.1, 0.15) is 0 Å². The number of rotatable bonds is 9. The lowest BCUT2D eigenvalue weighted by Gasteiger charge is -2.13. The Labute approximate surface area is 171 Å². The molecule has 0 aromatic heterocycles. The first-order valence-corrected chi connectivity index (χ1v) is 8.70. The Balaban J connectivity index is 0.00000392. The summed E-state index contributed by atoms with van der Waals surface area (Å²) >= 11 is 0. The van der Waals surface area contributed by atoms with Gasteiger partial charge in [0.15, 0.2) is 18.1 Å². The highest BCUT2D eigenvalue weighted by Crippen LogP contribution is 2.28. The predicted octanol–water partition coefficient (Wildman–Crippen LogP) is 2.60. The molecule has 0 aliphatic carbocycles. The van der Waals surface area contributed by atoms with Gasteiger partial charge in [-0.15, -0.1) is 12.4 Å². The molecule has 0 unspecified atom stereocenters. The molecule has 2 aromatic rings. The summed E-state index contributed by atoms with van der Waals surface area (Å²) in [4.78, 5) is 24.0. The highest BCUT2D eigenvalue weighted by molar-refractivity contribution is 6.05. The third-order valence-corrected chi connectivity index (χ3v) is 3.89. The molecule has 3 N–H and O–H groups in total. The zero-order chi connectivity index (χ0) is 19.6. The molecular weight excluding hydrogens is 382 g/mol. The first kappa shape index (κ1) is 23.3. The number of amides is 2. The fourth-order valence-electron chi connectivity index (χ4n) is 2.39. The van der Waals surface area contributed by atoms with Gasteiger partial charge < -0.3 is 25.4 Å². The molecule has 2 rings (SSSR count). The summed E-state index contributed by atoms with van der Waals surface area (Å²) in [5.41, 5.74) is 2.19. The lowest BCUT2D eigenvalue weighted by atomic mass is 10.1. The lowest BCUT2D eigenvalue weighted by molar-refractivity contribution is -0.122. The number of likely N-dealkylation sites (N-methyl/N-ethyl adjacent to an activating group) is 1. The second-order valence-corrected chi connectivity index (χ2v) is 5.72. The Morgan fingerprint density at radius 3 is 2.50 bits per heavy atom. The average molecular weight is 408 g/mol. The maximum absolute atomic E-state index is 12.6. The number of methoxy groups -OCH3 is 1. The highest BCUT2D eigenvalue weighted by Gasteiger charge is 2.13. The van der Waals surface area contributed by atoms with E-state index < -0.39 is 0 Å². The molecule has 0 aliphatic rings. The molecule has 0 saturated carbocycles. The molecule has 0 aliphatic heterocycles. The number of benzene rings is 2. The van der Waals surface area contributed by atoms with Crippen LogP contribution in [0.1, 0.15) is 22.8 Å². The van der Waals surface area contributed by atoms with E-state index in [1.165, 1.54) is 14.2 Å². The van der Waals surface area contributed by atoms with E-state index in [0.717, 1.165) is 17.8 Å². The van der Waals surface area contributed by atoms with Gasteiger partial charge in [-0.2, -0.15) is 0 Å². The minimum absolute atomic E-state index is 0. The third kappa shape index (κ3) is 6.44. The molecule has 28 heavy (non-hydrogen) atoms. The molecule has 0 radical (unpaired) electrons. The van der Waals surface area contributed by atoms with Crippen molar-refractivity contribution in [2.24, 2.45) is 0 Å². The second kappa shape index (κ2) is 11.8. The van der Waals surface area contributed by atoms with E-state index >= 15 is 0 Å². The number of anilines is 1. The summed E-state index contributed by atoms with van der Waals surface area (Å²) in [6.45, 7) is 3.41. The Hall–Kier alpha value is -2.77. The molecular formula is C20H26ClN3O4. The smallest absolute Gasteiger partial charge is 0.257 e. The van der Waals surface area contributed by atoms with Crippen LogP contribution in [0.5, 0.6) is 11.5 Å². The average Bonchev–Trinajstić information content (AvgIpc) is 2.71. The fraction of sp³-hybridized carbons (Fsp3) is 0.300. The molecule has 2 amide bonds. The van der Waals surface area contributed by atoms with Crippen LogP contribution in [0.4, 0.5) is 5.69 Å². The largest absolute Gasteiger partial charge is 0.493 e. The van der Waals surface area contributed by atoms with Crippen LogP contribution in [0.25, 0.3) is 0 Å². The van der Waals surface area contributed by atoms with Crippen LogP contribution >= 0.6 is 12.4 Å². The van der Waals surface area contributed by atoms with Gasteiger partial charge in [0.2, 0.25) is 0 Å². The highest BCUT2D eigenvalue weighted by atomic mass is 35.5. The van der Waals surface area contributed by atoms with Crippen molar-refractivity contribution in [2.45, 2.75) is 13.5 Å². The van der Waals surface area contributed by atoms with E-state index in [1.54, 1.807) is 18.2 Å². The standard InChI is InChI=1S/C20H25N3O4.ClH/c1-4-22-12-15-7-5-6-8-16(15)23-20(25)14-9-10-17(18(11-14)26-3)27-13-19(24)21-2;/h5-11,22H,4,12-13H2,1-3H3,(H,21,24)(H,23,25);1H. The molecule has 0 fully saturated rings. The van der Waals surface area contributed by atoms with Crippen molar-refractivity contribution in [1.82, 2.24) is 10.6 Å². The Bertz CT molecular complexity index is 799. The van der Waals surface area contributed by atoms with E-state index in [1.807, 2.05) is 31.2 Å². The van der Waals surface area contributed by atoms with E-state index in [2.05, 4.69) is 16.0 Å². The number of hydrogen-bond donors (Lipinski definition) is 3. The Kier molecular flexibility index (Phi) is 9.84. The maximum atomic E-state index is 12.6. The van der Waals surface area contributed by atoms with E-state index in [4.69, 9.17) is 9.47 Å². The van der Waals surface area contributed by atoms with Gasteiger partial charge in [-0.1, -0.05) is 25.1 Å². The van der Waals surface area contributed by atoms with Crippen molar-refractivity contribution in [1.29, 1.82) is 0 Å². The van der Waals surface area contributed by atoms with Crippen molar-refractivity contribution < 1.29 is 19.1 Å². The number of nitrogens with one attached hydrogen (secondary N) is 3. The SMILES string of the molecule is CCNCc1ccccc1NC(=O)c1ccc(OCC(=O)NC)c(OC)c1.Cl. The molecule has 2 aromatic carbocycles. The van der Waals surface area contributed by atoms with Gasteiger partial charge in [0, 0.05) is 24.8 Å². The van der Waals surface area contributed by atoms with Crippen LogP contribution in [-0.2, 0) is 11.3 Å². The van der Waals surface area contributed by atoms with Crippen molar-refractivity contribution in [2.75, 3.05) is 32.6 Å². The number of para-hydroxylation sites is 1. The minimum atomic E-state index is -0.255. The van der Waals surface area contributed by atoms with Gasteiger partial charge in [-0.3, -0.25) is 9.59 Å². The van der Waals surface area contributed by atoms with Crippen LogP contribution in [0.3, 0.4) is 0 Å². The topological polar surface area (TPSA) is 88.7 Å². The van der Waals surface area contributed by atoms with Gasteiger partial charge in [-0.25, -0.2) is 0 Å². The van der Waals surface area contributed by atoms with E-state index in [9.17, 15) is 9.59 Å². The van der Waals surface area contributed by atoms with E-state index in [-0.39, 0.29) is 30.8 Å². The van der Waals surface area contributed by atoms with Crippen LogP contribution in [0.2, 0.25) is 0 Å². The summed E-state index contributed by atoms with van der Waals surface area (Å²) in [6.07, 6.45) is 0. The lowest BCUT2D eigenvalue weighted by Crippen LogP contribution is -2.25. The van der Waals surface area contributed by atoms with Gasteiger partial charge >= 0.3 is 0 Å². The molecule has 0 atom stereocenters. The van der Waals surface area contributed by atoms with Crippen LogP contribution in [0.15, 0.2) is 42.5 Å².